The highest BCUT2D eigenvalue weighted by molar-refractivity contribution is 8.15. The highest BCUT2D eigenvalue weighted by Crippen LogP contribution is 2.27. The predicted molar refractivity (Wildman–Crippen MR) is 115 cm³/mol. The number of para-hydroxylation sites is 1. The Bertz CT molecular complexity index is 1120. The second-order valence-corrected chi connectivity index (χ2v) is 9.55. The van der Waals surface area contributed by atoms with Gasteiger partial charge in [0.1, 0.15) is 4.90 Å². The van der Waals surface area contributed by atoms with Gasteiger partial charge in [0.05, 0.1) is 11.5 Å². The molecule has 1 atom stereocenters. The van der Waals surface area contributed by atoms with Crippen LogP contribution in [0.25, 0.3) is 0 Å². The van der Waals surface area contributed by atoms with Gasteiger partial charge in [0, 0.05) is 5.56 Å². The van der Waals surface area contributed by atoms with E-state index >= 15 is 0 Å². The van der Waals surface area contributed by atoms with Crippen molar-refractivity contribution in [1.29, 1.82) is 0 Å². The molecule has 0 radical (unpaired) electrons. The summed E-state index contributed by atoms with van der Waals surface area (Å²) in [6.45, 7) is 7.29. The van der Waals surface area contributed by atoms with Crippen molar-refractivity contribution in [3.05, 3.63) is 58.7 Å². The second-order valence-electron chi connectivity index (χ2n) is 6.68. The molecule has 1 aliphatic heterocycles. The maximum atomic E-state index is 12.8. The lowest BCUT2D eigenvalue weighted by molar-refractivity contribution is -0.118. The molecule has 29 heavy (non-hydrogen) atoms. The Balaban J connectivity index is 1.88. The number of nitrogens with zero attached hydrogens (tertiary/aromatic N) is 2. The molecule has 9 heteroatoms. The van der Waals surface area contributed by atoms with E-state index in [-0.39, 0.29) is 21.8 Å². The molecule has 1 amide bonds. The quantitative estimate of drug-likeness (QED) is 0.445. The normalized spacial score (nSPS) is 18.4. The zero-order chi connectivity index (χ0) is 21.2. The number of carbonyl (C=O) groups is 1. The van der Waals surface area contributed by atoms with Gasteiger partial charge in [0.2, 0.25) is 5.91 Å². The Labute approximate surface area is 174 Å². The van der Waals surface area contributed by atoms with Crippen LogP contribution in [0.15, 0.2) is 51.5 Å². The lowest BCUT2D eigenvalue weighted by Gasteiger charge is -2.12. The van der Waals surface area contributed by atoms with Crippen LogP contribution in [0.5, 0.6) is 5.75 Å². The van der Waals surface area contributed by atoms with E-state index in [1.54, 1.807) is 44.2 Å². The number of hydrogen-bond donors (Lipinski definition) is 1. The van der Waals surface area contributed by atoms with Crippen molar-refractivity contribution in [3.8, 4) is 5.75 Å². The molecule has 1 saturated heterocycles. The minimum absolute atomic E-state index is 0.0889. The fourth-order valence-corrected chi connectivity index (χ4v) is 4.42. The summed E-state index contributed by atoms with van der Waals surface area (Å²) >= 11 is 1.27. The van der Waals surface area contributed by atoms with Crippen LogP contribution in [0.2, 0.25) is 0 Å². The van der Waals surface area contributed by atoms with E-state index in [0.29, 0.717) is 16.3 Å². The maximum absolute atomic E-state index is 12.8. The third-order valence-corrected chi connectivity index (χ3v) is 6.63. The van der Waals surface area contributed by atoms with Crippen LogP contribution in [0, 0.1) is 20.8 Å². The first-order valence-corrected chi connectivity index (χ1v) is 11.2. The van der Waals surface area contributed by atoms with Gasteiger partial charge in [0.15, 0.2) is 10.9 Å². The van der Waals surface area contributed by atoms with E-state index < -0.39 is 10.1 Å². The first-order valence-electron chi connectivity index (χ1n) is 8.87. The van der Waals surface area contributed by atoms with Crippen LogP contribution in [0.4, 0.5) is 0 Å². The third kappa shape index (κ3) is 4.86. The van der Waals surface area contributed by atoms with Crippen LogP contribution >= 0.6 is 11.8 Å². The van der Waals surface area contributed by atoms with Crippen LogP contribution in [0.1, 0.15) is 29.2 Å². The monoisotopic (exact) mass is 431 g/mol. The maximum Gasteiger partial charge on any atom is 0.339 e. The molecule has 1 fully saturated rings. The lowest BCUT2D eigenvalue weighted by Crippen LogP contribution is -2.23. The van der Waals surface area contributed by atoms with E-state index in [2.05, 4.69) is 15.5 Å². The molecule has 0 bridgehead atoms. The predicted octanol–water partition coefficient (Wildman–Crippen LogP) is 3.32. The minimum Gasteiger partial charge on any atom is -0.378 e. The van der Waals surface area contributed by atoms with Crippen LogP contribution in [-0.4, -0.2) is 31.0 Å². The van der Waals surface area contributed by atoms with Gasteiger partial charge in [-0.15, -0.1) is 5.10 Å². The number of rotatable bonds is 5. The molecule has 3 rings (SSSR count). The summed E-state index contributed by atoms with van der Waals surface area (Å²) in [6, 6.07) is 10.1. The Kier molecular flexibility index (Phi) is 6.09. The molecule has 1 heterocycles. The molecule has 152 valence electrons. The van der Waals surface area contributed by atoms with Gasteiger partial charge in [-0.3, -0.25) is 4.79 Å². The van der Waals surface area contributed by atoms with Crippen molar-refractivity contribution in [2.45, 2.75) is 37.8 Å². The smallest absolute Gasteiger partial charge is 0.339 e. The van der Waals surface area contributed by atoms with Crippen molar-refractivity contribution in [2.24, 2.45) is 10.2 Å². The van der Waals surface area contributed by atoms with Gasteiger partial charge in [-0.05, 0) is 62.6 Å². The summed E-state index contributed by atoms with van der Waals surface area (Å²) in [5.74, 6) is 0.0640. The standard InChI is InChI=1S/C20H21N3O4S2/c1-12-8-9-17(10-14(12)3)29(25,26)27-18-13(2)6-5-7-16(18)11-21-23-20-22-19(24)15(4)28-20/h5-11,15H,1-4H3,(H,22,23,24)/b21-11-/t15-/m0/s1. The summed E-state index contributed by atoms with van der Waals surface area (Å²) < 4.78 is 31.0. The largest absolute Gasteiger partial charge is 0.378 e. The number of thioether (sulfide) groups is 1. The van der Waals surface area contributed by atoms with Crippen molar-refractivity contribution >= 4 is 39.2 Å². The number of benzene rings is 2. The number of nitrogens with one attached hydrogen (secondary N) is 1. The number of carbonyl (C=O) groups excluding carboxylic acids is 1. The van der Waals surface area contributed by atoms with Gasteiger partial charge >= 0.3 is 10.1 Å². The Morgan fingerprint density at radius 3 is 2.52 bits per heavy atom. The molecule has 0 spiro atoms. The molecule has 2 aromatic carbocycles. The first-order chi connectivity index (χ1) is 13.7. The fraction of sp³-hybridized carbons (Fsp3) is 0.250. The molecular weight excluding hydrogens is 410 g/mol. The van der Waals surface area contributed by atoms with E-state index in [0.717, 1.165) is 11.1 Å². The van der Waals surface area contributed by atoms with Crippen molar-refractivity contribution in [2.75, 3.05) is 0 Å². The average molecular weight is 432 g/mol. The lowest BCUT2D eigenvalue weighted by atomic mass is 10.1. The van der Waals surface area contributed by atoms with Crippen molar-refractivity contribution < 1.29 is 17.4 Å². The fourth-order valence-electron chi connectivity index (χ4n) is 2.57. The van der Waals surface area contributed by atoms with Crippen LogP contribution < -0.4 is 9.50 Å². The average Bonchev–Trinajstić information content (AvgIpc) is 2.97. The van der Waals surface area contributed by atoms with Crippen molar-refractivity contribution in [1.82, 2.24) is 5.32 Å². The third-order valence-electron chi connectivity index (χ3n) is 4.44. The Morgan fingerprint density at radius 1 is 1.10 bits per heavy atom. The molecule has 0 unspecified atom stereocenters. The number of amides is 1. The second kappa shape index (κ2) is 8.38. The molecule has 0 aromatic heterocycles. The summed E-state index contributed by atoms with van der Waals surface area (Å²) in [6.07, 6.45) is 1.40. The molecule has 7 nitrogen and oxygen atoms in total. The number of hydrogen-bond acceptors (Lipinski definition) is 7. The van der Waals surface area contributed by atoms with Crippen LogP contribution in [-0.2, 0) is 14.9 Å². The zero-order valence-corrected chi connectivity index (χ0v) is 18.1. The topological polar surface area (TPSA) is 97.2 Å². The van der Waals surface area contributed by atoms with E-state index in [9.17, 15) is 13.2 Å². The SMILES string of the molecule is Cc1ccc(S(=O)(=O)Oc2c(C)cccc2/C=N\N=C2\NC(=O)[C@H](C)S2)cc1C. The van der Waals surface area contributed by atoms with E-state index in [4.69, 9.17) is 4.18 Å². The number of aryl methyl sites for hydroxylation is 3. The van der Waals surface area contributed by atoms with Gasteiger partial charge < -0.3 is 9.50 Å². The highest BCUT2D eigenvalue weighted by atomic mass is 32.2. The summed E-state index contributed by atoms with van der Waals surface area (Å²) in [5, 5.41) is 10.8. The van der Waals surface area contributed by atoms with Gasteiger partial charge in [-0.2, -0.15) is 13.5 Å². The molecule has 0 saturated carbocycles. The van der Waals surface area contributed by atoms with E-state index in [1.165, 1.54) is 24.0 Å². The molecular formula is C20H21N3O4S2. The van der Waals surface area contributed by atoms with Crippen molar-refractivity contribution in [3.63, 3.8) is 0 Å². The van der Waals surface area contributed by atoms with Gasteiger partial charge in [-0.25, -0.2) is 0 Å². The zero-order valence-electron chi connectivity index (χ0n) is 16.5. The number of amidine groups is 1. The van der Waals surface area contributed by atoms with Gasteiger partial charge in [-0.1, -0.05) is 30.0 Å². The summed E-state index contributed by atoms with van der Waals surface area (Å²) in [4.78, 5) is 11.6. The first kappa shape index (κ1) is 21.1. The summed E-state index contributed by atoms with van der Waals surface area (Å²) in [5.41, 5.74) is 2.97. The Morgan fingerprint density at radius 2 is 1.86 bits per heavy atom. The molecule has 1 N–H and O–H groups in total. The van der Waals surface area contributed by atoms with Crippen LogP contribution in [0.3, 0.4) is 0 Å². The minimum atomic E-state index is -4.01. The molecule has 1 aliphatic rings. The molecule has 0 aliphatic carbocycles. The highest BCUT2D eigenvalue weighted by Gasteiger charge is 2.25. The van der Waals surface area contributed by atoms with Gasteiger partial charge in [0.25, 0.3) is 0 Å². The summed E-state index contributed by atoms with van der Waals surface area (Å²) in [7, 11) is -4.01. The Hall–Kier alpha value is -2.65. The molecule has 2 aromatic rings. The van der Waals surface area contributed by atoms with E-state index in [1.807, 2.05) is 13.8 Å².